The third-order valence-corrected chi connectivity index (χ3v) is 4.82. The number of hydrogen-bond donors (Lipinski definition) is 1. The van der Waals surface area contributed by atoms with E-state index in [0.29, 0.717) is 0 Å². The van der Waals surface area contributed by atoms with Gasteiger partial charge in [0.15, 0.2) is 0 Å². The molecule has 4 heteroatoms. The lowest BCUT2D eigenvalue weighted by molar-refractivity contribution is 0.0981. The van der Waals surface area contributed by atoms with E-state index < -0.39 is 0 Å². The zero-order valence-electron chi connectivity index (χ0n) is 13.3. The molecule has 2 fully saturated rings. The highest BCUT2D eigenvalue weighted by molar-refractivity contribution is 5.36. The van der Waals surface area contributed by atoms with Gasteiger partial charge in [-0.15, -0.1) is 0 Å². The van der Waals surface area contributed by atoms with Crippen LogP contribution in [-0.4, -0.2) is 62.2 Å². The Hall–Kier alpha value is -1.10. The molecule has 116 valence electrons. The first-order valence-electron chi connectivity index (χ1n) is 8.07. The van der Waals surface area contributed by atoms with Gasteiger partial charge in [-0.2, -0.15) is 0 Å². The van der Waals surface area contributed by atoms with E-state index in [1.165, 1.54) is 56.8 Å². The zero-order valence-corrected chi connectivity index (χ0v) is 13.3. The normalized spacial score (nSPS) is 24.4. The summed E-state index contributed by atoms with van der Waals surface area (Å²) in [5.41, 5.74) is 2.62. The Bertz CT molecular complexity index is 463. The average molecular weight is 289 g/mol. The minimum Gasteiger partial charge on any atom is -0.496 e. The number of nitrogens with zero attached hydrogens (tertiary/aromatic N) is 2. The summed E-state index contributed by atoms with van der Waals surface area (Å²) in [7, 11) is 1.74. The van der Waals surface area contributed by atoms with Crippen molar-refractivity contribution in [1.29, 1.82) is 0 Å². The topological polar surface area (TPSA) is 27.7 Å². The van der Waals surface area contributed by atoms with E-state index in [4.69, 9.17) is 4.74 Å². The van der Waals surface area contributed by atoms with Crippen LogP contribution in [0.15, 0.2) is 18.2 Å². The third-order valence-electron chi connectivity index (χ3n) is 4.82. The molecule has 2 heterocycles. The molecule has 2 aliphatic rings. The Labute approximate surface area is 128 Å². The number of benzene rings is 1. The molecule has 1 aromatic rings. The van der Waals surface area contributed by atoms with Crippen LogP contribution in [0.5, 0.6) is 5.75 Å². The summed E-state index contributed by atoms with van der Waals surface area (Å²) in [5, 5.41) is 3.47. The summed E-state index contributed by atoms with van der Waals surface area (Å²) in [5.74, 6) is 0.984. The predicted octanol–water partition coefficient (Wildman–Crippen LogP) is 1.48. The molecule has 1 unspecified atom stereocenters. The molecule has 0 aromatic heterocycles. The lowest BCUT2D eigenvalue weighted by atomic mass is 10.1. The van der Waals surface area contributed by atoms with E-state index in [0.717, 1.165) is 18.3 Å². The van der Waals surface area contributed by atoms with Gasteiger partial charge in [0.1, 0.15) is 5.75 Å². The highest BCUT2D eigenvalue weighted by Gasteiger charge is 2.25. The third kappa shape index (κ3) is 3.57. The van der Waals surface area contributed by atoms with E-state index in [1.807, 2.05) is 0 Å². The van der Waals surface area contributed by atoms with Crippen LogP contribution in [0.2, 0.25) is 0 Å². The van der Waals surface area contributed by atoms with Crippen LogP contribution < -0.4 is 10.1 Å². The summed E-state index contributed by atoms with van der Waals surface area (Å²) >= 11 is 0. The van der Waals surface area contributed by atoms with E-state index in [1.54, 1.807) is 7.11 Å². The highest BCUT2D eigenvalue weighted by atomic mass is 16.5. The Morgan fingerprint density at radius 3 is 2.67 bits per heavy atom. The molecular weight excluding hydrogens is 262 g/mol. The van der Waals surface area contributed by atoms with Crippen molar-refractivity contribution in [2.24, 2.45) is 0 Å². The van der Waals surface area contributed by atoms with Crippen molar-refractivity contribution in [3.63, 3.8) is 0 Å². The Balaban J connectivity index is 1.51. The molecule has 0 bridgehead atoms. The number of hydrogen-bond acceptors (Lipinski definition) is 4. The predicted molar refractivity (Wildman–Crippen MR) is 85.9 cm³/mol. The van der Waals surface area contributed by atoms with Gasteiger partial charge < -0.3 is 10.1 Å². The fourth-order valence-electron chi connectivity index (χ4n) is 3.53. The van der Waals surface area contributed by atoms with Gasteiger partial charge in [0.05, 0.1) is 7.11 Å². The second-order valence-corrected chi connectivity index (χ2v) is 6.26. The Morgan fingerprint density at radius 2 is 2.05 bits per heavy atom. The number of nitrogens with one attached hydrogen (secondary N) is 1. The van der Waals surface area contributed by atoms with Gasteiger partial charge in [-0.1, -0.05) is 12.1 Å². The molecule has 2 aliphatic heterocycles. The Morgan fingerprint density at radius 1 is 1.24 bits per heavy atom. The molecule has 2 saturated heterocycles. The summed E-state index contributed by atoms with van der Waals surface area (Å²) in [6.07, 6.45) is 1.32. The smallest absolute Gasteiger partial charge is 0.121 e. The van der Waals surface area contributed by atoms with Gasteiger partial charge in [-0.25, -0.2) is 0 Å². The molecular formula is C17H27N3O. The van der Waals surface area contributed by atoms with Crippen LogP contribution in [-0.2, 0) is 6.54 Å². The lowest BCUT2D eigenvalue weighted by Crippen LogP contribution is -2.50. The van der Waals surface area contributed by atoms with Gasteiger partial charge in [0.2, 0.25) is 0 Å². The molecule has 3 rings (SSSR count). The monoisotopic (exact) mass is 289 g/mol. The fourth-order valence-corrected chi connectivity index (χ4v) is 3.53. The molecule has 0 amide bonds. The maximum absolute atomic E-state index is 5.33. The van der Waals surface area contributed by atoms with Crippen molar-refractivity contribution in [3.8, 4) is 5.75 Å². The standard InChI is InChI=1S/C17H27N3O/c1-14-11-15(3-4-17(14)21-2)13-19-7-9-20(10-8-19)16-5-6-18-12-16/h3-4,11,16,18H,5-10,12-13H2,1-2H3. The fraction of sp³-hybridized carbons (Fsp3) is 0.647. The van der Waals surface area contributed by atoms with Crippen LogP contribution in [0.1, 0.15) is 17.5 Å². The van der Waals surface area contributed by atoms with Crippen molar-refractivity contribution in [2.75, 3.05) is 46.4 Å². The van der Waals surface area contributed by atoms with E-state index in [9.17, 15) is 0 Å². The second kappa shape index (κ2) is 6.77. The first kappa shape index (κ1) is 14.8. The molecule has 1 N–H and O–H groups in total. The van der Waals surface area contributed by atoms with Gasteiger partial charge in [-0.05, 0) is 37.1 Å². The number of aryl methyl sites for hydroxylation is 1. The van der Waals surface area contributed by atoms with Crippen LogP contribution in [0, 0.1) is 6.92 Å². The van der Waals surface area contributed by atoms with Crippen molar-refractivity contribution in [2.45, 2.75) is 25.9 Å². The molecule has 0 spiro atoms. The number of rotatable bonds is 4. The van der Waals surface area contributed by atoms with Gasteiger partial charge in [0, 0.05) is 45.3 Å². The van der Waals surface area contributed by atoms with E-state index in [-0.39, 0.29) is 0 Å². The highest BCUT2D eigenvalue weighted by Crippen LogP contribution is 2.20. The summed E-state index contributed by atoms with van der Waals surface area (Å²) < 4.78 is 5.33. The van der Waals surface area contributed by atoms with Crippen molar-refractivity contribution in [3.05, 3.63) is 29.3 Å². The first-order chi connectivity index (χ1) is 10.3. The van der Waals surface area contributed by atoms with Gasteiger partial charge in [0.25, 0.3) is 0 Å². The van der Waals surface area contributed by atoms with E-state index in [2.05, 4.69) is 40.2 Å². The maximum atomic E-state index is 5.33. The van der Waals surface area contributed by atoms with Crippen LogP contribution in [0.25, 0.3) is 0 Å². The molecule has 0 aliphatic carbocycles. The second-order valence-electron chi connectivity index (χ2n) is 6.26. The molecule has 0 radical (unpaired) electrons. The quantitative estimate of drug-likeness (QED) is 0.909. The van der Waals surface area contributed by atoms with Crippen molar-refractivity contribution >= 4 is 0 Å². The molecule has 1 atom stereocenters. The van der Waals surface area contributed by atoms with Gasteiger partial charge >= 0.3 is 0 Å². The maximum Gasteiger partial charge on any atom is 0.121 e. The lowest BCUT2D eigenvalue weighted by Gasteiger charge is -2.37. The van der Waals surface area contributed by atoms with Crippen LogP contribution >= 0.6 is 0 Å². The summed E-state index contributed by atoms with van der Waals surface area (Å²) in [4.78, 5) is 5.23. The van der Waals surface area contributed by atoms with Crippen LogP contribution in [0.4, 0.5) is 0 Å². The van der Waals surface area contributed by atoms with Crippen LogP contribution in [0.3, 0.4) is 0 Å². The van der Waals surface area contributed by atoms with Gasteiger partial charge in [-0.3, -0.25) is 9.80 Å². The average Bonchev–Trinajstić information content (AvgIpc) is 3.02. The van der Waals surface area contributed by atoms with Crippen molar-refractivity contribution in [1.82, 2.24) is 15.1 Å². The first-order valence-corrected chi connectivity index (χ1v) is 8.07. The molecule has 4 nitrogen and oxygen atoms in total. The Kier molecular flexibility index (Phi) is 4.78. The summed E-state index contributed by atoms with van der Waals surface area (Å²) in [6.45, 7) is 10.3. The SMILES string of the molecule is COc1ccc(CN2CCN(C3CCNC3)CC2)cc1C. The largest absolute Gasteiger partial charge is 0.496 e. The summed E-state index contributed by atoms with van der Waals surface area (Å²) in [6, 6.07) is 7.31. The molecule has 0 saturated carbocycles. The molecule has 1 aromatic carbocycles. The minimum atomic E-state index is 0.774. The number of ether oxygens (including phenoxy) is 1. The van der Waals surface area contributed by atoms with Crippen molar-refractivity contribution < 1.29 is 4.74 Å². The minimum absolute atomic E-state index is 0.774. The number of piperazine rings is 1. The zero-order chi connectivity index (χ0) is 14.7. The molecule has 21 heavy (non-hydrogen) atoms. The number of methoxy groups -OCH3 is 1. The van der Waals surface area contributed by atoms with E-state index >= 15 is 0 Å².